The molecule has 0 aliphatic heterocycles. The number of carbonyl (C=O) groups is 1. The minimum Gasteiger partial charge on any atom is -0.477 e. The summed E-state index contributed by atoms with van der Waals surface area (Å²) >= 11 is 1.10. The summed E-state index contributed by atoms with van der Waals surface area (Å²) in [7, 11) is -3.89. The Morgan fingerprint density at radius 1 is 1.43 bits per heavy atom. The van der Waals surface area contributed by atoms with Crippen LogP contribution < -0.4 is 4.72 Å². The van der Waals surface area contributed by atoms with Gasteiger partial charge in [0.05, 0.1) is 0 Å². The Balaban J connectivity index is 2.40. The summed E-state index contributed by atoms with van der Waals surface area (Å²) in [5, 5.41) is 17.3. The van der Waals surface area contributed by atoms with Crippen LogP contribution in [0.1, 0.15) is 35.4 Å². The number of hydrogen-bond acceptors (Lipinski definition) is 6. The predicted molar refractivity (Wildman–Crippen MR) is 77.2 cm³/mol. The summed E-state index contributed by atoms with van der Waals surface area (Å²) in [5.74, 6) is -1.18. The van der Waals surface area contributed by atoms with Crippen molar-refractivity contribution < 1.29 is 18.3 Å². The van der Waals surface area contributed by atoms with Crippen LogP contribution >= 0.6 is 11.3 Å². The van der Waals surface area contributed by atoms with Crippen LogP contribution in [-0.2, 0) is 10.0 Å². The molecule has 0 amide bonds. The Kier molecular flexibility index (Phi) is 4.01. The number of carboxylic acid groups (broad SMARTS) is 1. The quantitative estimate of drug-likeness (QED) is 0.863. The van der Waals surface area contributed by atoms with Gasteiger partial charge in [0.25, 0.3) is 10.0 Å². The fraction of sp³-hybridized carbons (Fsp3) is 0.364. The molecule has 114 valence electrons. The molecule has 0 aliphatic rings. The number of nitrogens with zero attached hydrogens (tertiary/aromatic N) is 3. The lowest BCUT2D eigenvalue weighted by atomic mass is 10.3. The number of sulfonamides is 1. The van der Waals surface area contributed by atoms with E-state index in [1.165, 1.54) is 10.8 Å². The number of aromatic carboxylic acids is 1. The van der Waals surface area contributed by atoms with Gasteiger partial charge in [-0.3, -0.25) is 4.72 Å². The minimum atomic E-state index is -3.89. The second kappa shape index (κ2) is 5.45. The third-order valence-corrected chi connectivity index (χ3v) is 4.85. The maximum atomic E-state index is 12.2. The van der Waals surface area contributed by atoms with Gasteiger partial charge in [0.15, 0.2) is 0 Å². The Bertz CT molecular complexity index is 776. The molecule has 0 fully saturated rings. The van der Waals surface area contributed by atoms with Crippen LogP contribution in [0.25, 0.3) is 0 Å². The zero-order chi connectivity index (χ0) is 15.8. The molecule has 2 aromatic heterocycles. The molecule has 2 N–H and O–H groups in total. The zero-order valence-corrected chi connectivity index (χ0v) is 13.2. The van der Waals surface area contributed by atoms with E-state index >= 15 is 0 Å². The first-order valence-electron chi connectivity index (χ1n) is 5.99. The van der Waals surface area contributed by atoms with Gasteiger partial charge >= 0.3 is 5.97 Å². The van der Waals surface area contributed by atoms with Gasteiger partial charge in [-0.2, -0.15) is 0 Å². The van der Waals surface area contributed by atoms with Gasteiger partial charge in [0, 0.05) is 12.2 Å². The molecule has 0 saturated carbocycles. The molecule has 21 heavy (non-hydrogen) atoms. The molecule has 8 nitrogen and oxygen atoms in total. The molecule has 0 radical (unpaired) electrons. The van der Waals surface area contributed by atoms with Crippen molar-refractivity contribution in [2.75, 3.05) is 4.72 Å². The number of aromatic nitrogens is 3. The lowest BCUT2D eigenvalue weighted by molar-refractivity contribution is 0.0683. The summed E-state index contributed by atoms with van der Waals surface area (Å²) in [6, 6.07) is 0.947. The van der Waals surface area contributed by atoms with Crippen LogP contribution in [0, 0.1) is 6.92 Å². The molecular weight excluding hydrogens is 316 g/mol. The molecule has 0 unspecified atom stereocenters. The van der Waals surface area contributed by atoms with Crippen molar-refractivity contribution in [3.63, 3.8) is 0 Å². The summed E-state index contributed by atoms with van der Waals surface area (Å²) in [4.78, 5) is 11.0. The predicted octanol–water partition coefficient (Wildman–Crippen LogP) is 1.73. The Labute approximate surface area is 125 Å². The van der Waals surface area contributed by atoms with Crippen molar-refractivity contribution in [2.24, 2.45) is 0 Å². The van der Waals surface area contributed by atoms with Crippen molar-refractivity contribution in [3.05, 3.63) is 23.0 Å². The number of anilines is 1. The SMILES string of the molecule is Cc1nnc(NS(=O)(=O)c2cc(C(=O)O)n(C(C)C)c2)s1. The smallest absolute Gasteiger partial charge is 0.352 e. The van der Waals surface area contributed by atoms with Gasteiger partial charge in [-0.1, -0.05) is 11.3 Å². The summed E-state index contributed by atoms with van der Waals surface area (Å²) in [6.45, 7) is 5.24. The monoisotopic (exact) mass is 330 g/mol. The highest BCUT2D eigenvalue weighted by Gasteiger charge is 2.23. The van der Waals surface area contributed by atoms with Crippen LogP contribution in [-0.4, -0.2) is 34.3 Å². The molecule has 2 rings (SSSR count). The number of carboxylic acids is 1. The molecule has 2 heterocycles. The molecule has 0 aromatic carbocycles. The van der Waals surface area contributed by atoms with E-state index in [1.54, 1.807) is 20.8 Å². The fourth-order valence-corrected chi connectivity index (χ4v) is 3.56. The third kappa shape index (κ3) is 3.22. The first-order valence-corrected chi connectivity index (χ1v) is 8.29. The zero-order valence-electron chi connectivity index (χ0n) is 11.6. The Morgan fingerprint density at radius 3 is 2.52 bits per heavy atom. The van der Waals surface area contributed by atoms with E-state index in [0.717, 1.165) is 17.4 Å². The molecule has 0 saturated heterocycles. The lowest BCUT2D eigenvalue weighted by Crippen LogP contribution is -2.12. The molecule has 10 heteroatoms. The second-order valence-corrected chi connectivity index (χ2v) is 7.46. The fourth-order valence-electron chi connectivity index (χ4n) is 1.71. The summed E-state index contributed by atoms with van der Waals surface area (Å²) in [5.41, 5.74) is -0.0844. The van der Waals surface area contributed by atoms with E-state index in [1.807, 2.05) is 0 Å². The minimum absolute atomic E-state index is 0.0844. The van der Waals surface area contributed by atoms with E-state index in [2.05, 4.69) is 14.9 Å². The lowest BCUT2D eigenvalue weighted by Gasteiger charge is -2.09. The van der Waals surface area contributed by atoms with E-state index in [-0.39, 0.29) is 21.8 Å². The van der Waals surface area contributed by atoms with Gasteiger partial charge in [-0.25, -0.2) is 13.2 Å². The highest BCUT2D eigenvalue weighted by molar-refractivity contribution is 7.93. The molecule has 0 aliphatic carbocycles. The van der Waals surface area contributed by atoms with Crippen molar-refractivity contribution in [3.8, 4) is 0 Å². The molecule has 2 aromatic rings. The normalized spacial score (nSPS) is 11.8. The highest BCUT2D eigenvalue weighted by atomic mass is 32.2. The molecule has 0 bridgehead atoms. The van der Waals surface area contributed by atoms with Gasteiger partial charge in [0.1, 0.15) is 15.6 Å². The van der Waals surface area contributed by atoms with Crippen molar-refractivity contribution in [1.29, 1.82) is 0 Å². The average molecular weight is 330 g/mol. The van der Waals surface area contributed by atoms with Crippen LogP contribution in [0.2, 0.25) is 0 Å². The number of hydrogen-bond donors (Lipinski definition) is 2. The standard InChI is InChI=1S/C11H14N4O4S2/c1-6(2)15-5-8(4-9(15)10(16)17)21(18,19)14-11-13-12-7(3)20-11/h4-6H,1-3H3,(H,13,14)(H,16,17). The summed E-state index contributed by atoms with van der Waals surface area (Å²) < 4.78 is 28.2. The van der Waals surface area contributed by atoms with Crippen molar-refractivity contribution >= 4 is 32.5 Å². The summed E-state index contributed by atoms with van der Waals surface area (Å²) in [6.07, 6.45) is 1.30. The molecular formula is C11H14N4O4S2. The first-order chi connectivity index (χ1) is 9.70. The van der Waals surface area contributed by atoms with E-state index in [9.17, 15) is 13.2 Å². The van der Waals surface area contributed by atoms with Crippen LogP contribution in [0.5, 0.6) is 0 Å². The number of rotatable bonds is 5. The second-order valence-electron chi connectivity index (χ2n) is 4.60. The van der Waals surface area contributed by atoms with Crippen LogP contribution in [0.4, 0.5) is 5.13 Å². The Hall–Kier alpha value is -1.94. The molecule has 0 spiro atoms. The first kappa shape index (κ1) is 15.4. The van der Waals surface area contributed by atoms with Gasteiger partial charge in [0.2, 0.25) is 5.13 Å². The third-order valence-electron chi connectivity index (χ3n) is 2.66. The van der Waals surface area contributed by atoms with E-state index in [4.69, 9.17) is 5.11 Å². The highest BCUT2D eigenvalue weighted by Crippen LogP contribution is 2.23. The molecule has 0 atom stereocenters. The topological polar surface area (TPSA) is 114 Å². The van der Waals surface area contributed by atoms with Gasteiger partial charge in [-0.05, 0) is 26.8 Å². The van der Waals surface area contributed by atoms with Crippen molar-refractivity contribution in [2.45, 2.75) is 31.7 Å². The average Bonchev–Trinajstić information content (AvgIpc) is 2.95. The maximum absolute atomic E-state index is 12.2. The number of aryl methyl sites for hydroxylation is 1. The number of nitrogens with one attached hydrogen (secondary N) is 1. The van der Waals surface area contributed by atoms with Crippen molar-refractivity contribution in [1.82, 2.24) is 14.8 Å². The Morgan fingerprint density at radius 2 is 2.10 bits per heavy atom. The van der Waals surface area contributed by atoms with E-state index < -0.39 is 16.0 Å². The van der Waals surface area contributed by atoms with Crippen LogP contribution in [0.15, 0.2) is 17.2 Å². The maximum Gasteiger partial charge on any atom is 0.352 e. The van der Waals surface area contributed by atoms with E-state index in [0.29, 0.717) is 5.01 Å². The van der Waals surface area contributed by atoms with Gasteiger partial charge in [-0.15, -0.1) is 10.2 Å². The van der Waals surface area contributed by atoms with Crippen LogP contribution in [0.3, 0.4) is 0 Å². The largest absolute Gasteiger partial charge is 0.477 e. The van der Waals surface area contributed by atoms with Gasteiger partial charge < -0.3 is 9.67 Å².